The highest BCUT2D eigenvalue weighted by Gasteiger charge is 2.42. The van der Waals surface area contributed by atoms with E-state index in [1.165, 1.54) is 11.1 Å². The molecule has 0 spiro atoms. The SMILES string of the molecule is CC1=CC(=O)OC2C(=O)N(c3cccc(Cl)c3C)N=C12. The molecule has 0 N–H and O–H groups in total. The number of hydrogen-bond donors (Lipinski definition) is 0. The first-order valence-corrected chi connectivity index (χ1v) is 6.43. The van der Waals surface area contributed by atoms with Gasteiger partial charge in [0.15, 0.2) is 0 Å². The lowest BCUT2D eigenvalue weighted by atomic mass is 10.0. The van der Waals surface area contributed by atoms with Crippen LogP contribution in [0.15, 0.2) is 34.9 Å². The molecule has 6 heteroatoms. The second-order valence-electron chi connectivity index (χ2n) is 4.66. The van der Waals surface area contributed by atoms with Crippen LogP contribution in [0.3, 0.4) is 0 Å². The number of rotatable bonds is 1. The fourth-order valence-corrected chi connectivity index (χ4v) is 2.40. The minimum Gasteiger partial charge on any atom is -0.442 e. The van der Waals surface area contributed by atoms with Gasteiger partial charge in [0.1, 0.15) is 5.71 Å². The van der Waals surface area contributed by atoms with E-state index >= 15 is 0 Å². The quantitative estimate of drug-likeness (QED) is 0.745. The highest BCUT2D eigenvalue weighted by Crippen LogP contribution is 2.31. The van der Waals surface area contributed by atoms with Gasteiger partial charge in [-0.15, -0.1) is 0 Å². The molecule has 0 fully saturated rings. The van der Waals surface area contributed by atoms with Crippen LogP contribution in [0.4, 0.5) is 5.69 Å². The fraction of sp³-hybridized carbons (Fsp3) is 0.214. The molecule has 1 aromatic carbocycles. The molecular weight excluding hydrogens is 280 g/mol. The average molecular weight is 291 g/mol. The monoisotopic (exact) mass is 290 g/mol. The largest absolute Gasteiger partial charge is 0.442 e. The molecule has 0 saturated heterocycles. The lowest BCUT2D eigenvalue weighted by Crippen LogP contribution is -2.38. The normalized spacial score (nSPS) is 21.4. The van der Waals surface area contributed by atoms with Crippen molar-refractivity contribution in [2.24, 2.45) is 5.10 Å². The Labute approximate surface area is 120 Å². The van der Waals surface area contributed by atoms with Gasteiger partial charge in [-0.05, 0) is 37.1 Å². The zero-order chi connectivity index (χ0) is 14.4. The van der Waals surface area contributed by atoms with Crippen molar-refractivity contribution in [3.8, 4) is 0 Å². The third-order valence-electron chi connectivity index (χ3n) is 3.33. The van der Waals surface area contributed by atoms with Gasteiger partial charge < -0.3 is 4.74 Å². The highest BCUT2D eigenvalue weighted by atomic mass is 35.5. The molecule has 2 aliphatic heterocycles. The Balaban J connectivity index is 2.07. The molecule has 3 rings (SSSR count). The Morgan fingerprint density at radius 2 is 2.05 bits per heavy atom. The molecule has 102 valence electrons. The summed E-state index contributed by atoms with van der Waals surface area (Å²) in [6, 6.07) is 5.24. The van der Waals surface area contributed by atoms with Crippen molar-refractivity contribution in [2.75, 3.05) is 5.01 Å². The number of hydrogen-bond acceptors (Lipinski definition) is 4. The van der Waals surface area contributed by atoms with E-state index < -0.39 is 12.1 Å². The summed E-state index contributed by atoms with van der Waals surface area (Å²) in [7, 11) is 0. The van der Waals surface area contributed by atoms with E-state index in [2.05, 4.69) is 5.10 Å². The number of ether oxygens (including phenoxy) is 1. The first-order valence-electron chi connectivity index (χ1n) is 6.06. The van der Waals surface area contributed by atoms with Crippen molar-refractivity contribution in [1.29, 1.82) is 0 Å². The van der Waals surface area contributed by atoms with Crippen LogP contribution < -0.4 is 5.01 Å². The molecule has 20 heavy (non-hydrogen) atoms. The van der Waals surface area contributed by atoms with E-state index in [0.717, 1.165) is 5.56 Å². The lowest BCUT2D eigenvalue weighted by molar-refractivity contribution is -0.146. The van der Waals surface area contributed by atoms with Crippen LogP contribution in [0.25, 0.3) is 0 Å². The summed E-state index contributed by atoms with van der Waals surface area (Å²) in [6.45, 7) is 3.54. The molecule has 0 saturated carbocycles. The van der Waals surface area contributed by atoms with E-state index in [1.54, 1.807) is 25.1 Å². The fourth-order valence-electron chi connectivity index (χ4n) is 2.23. The second-order valence-corrected chi connectivity index (χ2v) is 5.07. The summed E-state index contributed by atoms with van der Waals surface area (Å²) in [5.41, 5.74) is 2.45. The Hall–Kier alpha value is -2.14. The van der Waals surface area contributed by atoms with E-state index in [9.17, 15) is 9.59 Å². The summed E-state index contributed by atoms with van der Waals surface area (Å²) in [6.07, 6.45) is 0.377. The molecule has 1 amide bonds. The van der Waals surface area contributed by atoms with Crippen LogP contribution in [-0.2, 0) is 14.3 Å². The standard InChI is InChI=1S/C14H11ClN2O3/c1-7-6-11(18)20-13-12(7)16-17(14(13)19)10-5-3-4-9(15)8(10)2/h3-6,13H,1-2H3. The number of hydrazone groups is 1. The maximum absolute atomic E-state index is 12.4. The van der Waals surface area contributed by atoms with Gasteiger partial charge >= 0.3 is 5.97 Å². The van der Waals surface area contributed by atoms with Gasteiger partial charge in [-0.25, -0.2) is 4.79 Å². The van der Waals surface area contributed by atoms with Crippen LogP contribution >= 0.6 is 11.6 Å². The van der Waals surface area contributed by atoms with Crippen molar-refractivity contribution in [2.45, 2.75) is 20.0 Å². The number of amides is 1. The minimum absolute atomic E-state index is 0.383. The Bertz CT molecular complexity index is 694. The number of halogens is 1. The van der Waals surface area contributed by atoms with Crippen molar-refractivity contribution >= 4 is 34.9 Å². The topological polar surface area (TPSA) is 59.0 Å². The van der Waals surface area contributed by atoms with Crippen LogP contribution in [0.2, 0.25) is 5.02 Å². The predicted molar refractivity (Wildman–Crippen MR) is 74.7 cm³/mol. The average Bonchev–Trinajstić information content (AvgIpc) is 2.71. The molecule has 5 nitrogen and oxygen atoms in total. The maximum Gasteiger partial charge on any atom is 0.332 e. The van der Waals surface area contributed by atoms with Crippen molar-refractivity contribution in [3.05, 3.63) is 40.4 Å². The lowest BCUT2D eigenvalue weighted by Gasteiger charge is -2.18. The van der Waals surface area contributed by atoms with E-state index in [-0.39, 0.29) is 5.91 Å². The zero-order valence-electron chi connectivity index (χ0n) is 10.9. The van der Waals surface area contributed by atoms with Gasteiger partial charge in [0.05, 0.1) is 5.69 Å². The molecule has 0 aromatic heterocycles. The third-order valence-corrected chi connectivity index (χ3v) is 3.74. The van der Waals surface area contributed by atoms with Crippen molar-refractivity contribution in [3.63, 3.8) is 0 Å². The second kappa shape index (κ2) is 4.45. The molecule has 1 atom stereocenters. The van der Waals surface area contributed by atoms with E-state index in [1.807, 2.05) is 6.92 Å². The smallest absolute Gasteiger partial charge is 0.332 e. The van der Waals surface area contributed by atoms with Gasteiger partial charge in [0, 0.05) is 11.1 Å². The molecule has 2 aliphatic rings. The first-order chi connectivity index (χ1) is 9.49. The van der Waals surface area contributed by atoms with Crippen LogP contribution in [-0.4, -0.2) is 23.7 Å². The van der Waals surface area contributed by atoms with E-state index in [0.29, 0.717) is 22.0 Å². The Morgan fingerprint density at radius 3 is 2.80 bits per heavy atom. The number of carbonyl (C=O) groups excluding carboxylic acids is 2. The molecule has 0 radical (unpaired) electrons. The van der Waals surface area contributed by atoms with E-state index in [4.69, 9.17) is 16.3 Å². The van der Waals surface area contributed by atoms with Gasteiger partial charge in [-0.3, -0.25) is 4.79 Å². The Morgan fingerprint density at radius 1 is 1.30 bits per heavy atom. The number of benzene rings is 1. The molecule has 0 aliphatic carbocycles. The Kier molecular flexibility index (Phi) is 2.87. The number of esters is 1. The summed E-state index contributed by atoms with van der Waals surface area (Å²) < 4.78 is 5.04. The van der Waals surface area contributed by atoms with Gasteiger partial charge in [-0.1, -0.05) is 17.7 Å². The third kappa shape index (κ3) is 1.82. The summed E-state index contributed by atoms with van der Waals surface area (Å²) >= 11 is 6.06. The summed E-state index contributed by atoms with van der Waals surface area (Å²) in [5.74, 6) is -0.907. The van der Waals surface area contributed by atoms with Gasteiger partial charge in [-0.2, -0.15) is 10.1 Å². The minimum atomic E-state index is -0.953. The molecule has 1 unspecified atom stereocenters. The highest BCUT2D eigenvalue weighted by molar-refractivity contribution is 6.32. The van der Waals surface area contributed by atoms with Crippen molar-refractivity contribution in [1.82, 2.24) is 0 Å². The molecular formula is C14H11ClN2O3. The van der Waals surface area contributed by atoms with Crippen LogP contribution in [0.1, 0.15) is 12.5 Å². The predicted octanol–water partition coefficient (Wildman–Crippen LogP) is 2.22. The van der Waals surface area contributed by atoms with Crippen LogP contribution in [0.5, 0.6) is 0 Å². The zero-order valence-corrected chi connectivity index (χ0v) is 11.6. The number of nitrogens with zero attached hydrogens (tertiary/aromatic N) is 2. The molecule has 1 aromatic rings. The number of carbonyl (C=O) groups is 2. The van der Waals surface area contributed by atoms with Gasteiger partial charge in [0.2, 0.25) is 6.10 Å². The van der Waals surface area contributed by atoms with Gasteiger partial charge in [0.25, 0.3) is 5.91 Å². The molecule has 2 heterocycles. The number of fused-ring (bicyclic) bond motifs is 1. The number of anilines is 1. The van der Waals surface area contributed by atoms with Crippen molar-refractivity contribution < 1.29 is 14.3 Å². The molecule has 0 bridgehead atoms. The summed E-state index contributed by atoms with van der Waals surface area (Å²) in [5, 5.41) is 6.07. The maximum atomic E-state index is 12.4. The first kappa shape index (κ1) is 12.9. The van der Waals surface area contributed by atoms with Crippen LogP contribution in [0, 0.1) is 6.92 Å². The summed E-state index contributed by atoms with van der Waals surface area (Å²) in [4.78, 5) is 23.7.